The monoisotopic (exact) mass is 450 g/mol. The molecule has 2 aromatic carbocycles. The van der Waals surface area contributed by atoms with Gasteiger partial charge < -0.3 is 19.3 Å². The third-order valence-electron chi connectivity index (χ3n) is 6.02. The third kappa shape index (κ3) is 4.79. The number of carbonyl (C=O) groups is 2. The van der Waals surface area contributed by atoms with Crippen LogP contribution in [0.1, 0.15) is 24.1 Å². The first-order valence-electron chi connectivity index (χ1n) is 11.3. The Labute approximate surface area is 194 Å². The van der Waals surface area contributed by atoms with E-state index < -0.39 is 17.9 Å². The van der Waals surface area contributed by atoms with Crippen molar-refractivity contribution in [3.05, 3.63) is 59.7 Å². The summed E-state index contributed by atoms with van der Waals surface area (Å²) in [5.41, 5.74) is 2.92. The molecule has 2 aromatic rings. The van der Waals surface area contributed by atoms with Crippen LogP contribution in [0.3, 0.4) is 0 Å². The van der Waals surface area contributed by atoms with Crippen LogP contribution in [-0.4, -0.2) is 62.6 Å². The number of carbonyl (C=O) groups excluding carboxylic acids is 2. The molecule has 2 aliphatic rings. The second kappa shape index (κ2) is 9.94. The molecule has 1 amide bonds. The van der Waals surface area contributed by atoms with E-state index in [0.29, 0.717) is 19.0 Å². The van der Waals surface area contributed by atoms with E-state index in [0.717, 1.165) is 35.7 Å². The highest BCUT2D eigenvalue weighted by Gasteiger charge is 2.42. The van der Waals surface area contributed by atoms with Gasteiger partial charge in [0.2, 0.25) is 11.9 Å². The van der Waals surface area contributed by atoms with Gasteiger partial charge in [-0.2, -0.15) is 0 Å². The average molecular weight is 451 g/mol. The number of para-hydroxylation sites is 2. The van der Waals surface area contributed by atoms with E-state index in [-0.39, 0.29) is 12.5 Å². The second-order valence-electron chi connectivity index (χ2n) is 8.18. The number of nitrogens with one attached hydrogen (secondary N) is 1. The summed E-state index contributed by atoms with van der Waals surface area (Å²) in [6, 6.07) is 15.1. The number of aryl methyl sites for hydroxylation is 1. The number of guanidine groups is 1. The molecule has 0 unspecified atom stereocenters. The lowest BCUT2D eigenvalue weighted by molar-refractivity contribution is -0.153. The van der Waals surface area contributed by atoms with Crippen LogP contribution in [0.5, 0.6) is 5.75 Å². The minimum atomic E-state index is -1.01. The van der Waals surface area contributed by atoms with Crippen LogP contribution in [0.2, 0.25) is 0 Å². The first kappa shape index (κ1) is 22.6. The highest BCUT2D eigenvalue weighted by atomic mass is 16.5. The van der Waals surface area contributed by atoms with Gasteiger partial charge in [-0.15, -0.1) is 0 Å². The van der Waals surface area contributed by atoms with Crippen molar-refractivity contribution in [3.8, 4) is 5.75 Å². The van der Waals surface area contributed by atoms with Crippen molar-refractivity contribution in [3.63, 3.8) is 0 Å². The molecular weight excluding hydrogens is 420 g/mol. The first-order valence-corrected chi connectivity index (χ1v) is 11.3. The zero-order chi connectivity index (χ0) is 23.4. The predicted octanol–water partition coefficient (Wildman–Crippen LogP) is 2.53. The normalized spacial score (nSPS) is 20.7. The minimum Gasteiger partial charge on any atom is -0.495 e. The number of methoxy groups -OCH3 is 1. The van der Waals surface area contributed by atoms with E-state index in [1.165, 1.54) is 0 Å². The van der Waals surface area contributed by atoms with Gasteiger partial charge in [0.25, 0.3) is 0 Å². The number of benzene rings is 2. The molecule has 1 saturated heterocycles. The smallest absolute Gasteiger partial charge is 0.321 e. The number of amides is 1. The molecule has 0 spiro atoms. The van der Waals surface area contributed by atoms with E-state index in [9.17, 15) is 9.59 Å². The van der Waals surface area contributed by atoms with Crippen LogP contribution in [0.15, 0.2) is 53.5 Å². The summed E-state index contributed by atoms with van der Waals surface area (Å²) >= 11 is 0. The van der Waals surface area contributed by atoms with E-state index in [2.05, 4.69) is 15.1 Å². The highest BCUT2D eigenvalue weighted by molar-refractivity contribution is 6.08. The Morgan fingerprint density at radius 1 is 1.09 bits per heavy atom. The maximum Gasteiger partial charge on any atom is 0.321 e. The molecule has 8 nitrogen and oxygen atoms in total. The summed E-state index contributed by atoms with van der Waals surface area (Å²) in [5.74, 6) is -0.592. The van der Waals surface area contributed by atoms with Gasteiger partial charge in [0.15, 0.2) is 5.92 Å². The molecule has 1 N–H and O–H groups in total. The molecule has 1 fully saturated rings. The number of aliphatic imine (C=N–C) groups is 1. The van der Waals surface area contributed by atoms with E-state index in [4.69, 9.17) is 14.5 Å². The standard InChI is InChI=1S/C25H30N4O4/c1-4-33-24(31)21-22(18-9-7-8-17(2)16-18)26-25(27-23(21)30)29-14-12-28(13-15-29)19-10-5-6-11-20(19)32-3/h5-11,16,21-22H,4,12-15H2,1-3H3,(H,26,27,30)/t21-,22+/m1/s1. The molecule has 174 valence electrons. The van der Waals surface area contributed by atoms with Gasteiger partial charge in [-0.05, 0) is 31.5 Å². The Morgan fingerprint density at radius 3 is 2.52 bits per heavy atom. The summed E-state index contributed by atoms with van der Waals surface area (Å²) in [6.45, 7) is 6.80. The zero-order valence-electron chi connectivity index (χ0n) is 19.3. The quantitative estimate of drug-likeness (QED) is 0.557. The fraction of sp³-hybridized carbons (Fsp3) is 0.400. The minimum absolute atomic E-state index is 0.213. The fourth-order valence-corrected chi connectivity index (χ4v) is 4.37. The number of piperazine rings is 1. The maximum atomic E-state index is 13.1. The molecule has 4 rings (SSSR count). The Hall–Kier alpha value is -3.55. The number of esters is 1. The highest BCUT2D eigenvalue weighted by Crippen LogP contribution is 2.32. The van der Waals surface area contributed by atoms with Gasteiger partial charge >= 0.3 is 5.97 Å². The van der Waals surface area contributed by atoms with Crippen LogP contribution in [0.4, 0.5) is 5.69 Å². The van der Waals surface area contributed by atoms with E-state index in [1.807, 2.05) is 55.5 Å². The molecule has 2 heterocycles. The number of hydrogen-bond donors (Lipinski definition) is 1. The number of ether oxygens (including phenoxy) is 2. The third-order valence-corrected chi connectivity index (χ3v) is 6.02. The molecule has 0 aromatic heterocycles. The van der Waals surface area contributed by atoms with Crippen molar-refractivity contribution in [2.75, 3.05) is 44.8 Å². The van der Waals surface area contributed by atoms with Gasteiger partial charge in [0.05, 0.1) is 19.4 Å². The van der Waals surface area contributed by atoms with Gasteiger partial charge in [0.1, 0.15) is 11.8 Å². The lowest BCUT2D eigenvalue weighted by Crippen LogP contribution is -2.57. The lowest BCUT2D eigenvalue weighted by Gasteiger charge is -2.40. The van der Waals surface area contributed by atoms with Gasteiger partial charge in [-0.3, -0.25) is 14.9 Å². The molecule has 8 heteroatoms. The maximum absolute atomic E-state index is 13.1. The van der Waals surface area contributed by atoms with Gasteiger partial charge in [-0.25, -0.2) is 4.99 Å². The molecule has 0 radical (unpaired) electrons. The number of hydrogen-bond acceptors (Lipinski definition) is 7. The van der Waals surface area contributed by atoms with Crippen LogP contribution in [0.25, 0.3) is 0 Å². The largest absolute Gasteiger partial charge is 0.495 e. The Bertz CT molecular complexity index is 1050. The SMILES string of the molecule is CCOC(=O)[C@H]1C(=O)NC(N2CCN(c3ccccc3OC)CC2)=N[C@H]1c1cccc(C)c1. The van der Waals surface area contributed by atoms with Crippen molar-refractivity contribution < 1.29 is 19.1 Å². The molecule has 2 atom stereocenters. The predicted molar refractivity (Wildman–Crippen MR) is 126 cm³/mol. The van der Waals surface area contributed by atoms with Crippen molar-refractivity contribution in [2.45, 2.75) is 19.9 Å². The van der Waals surface area contributed by atoms with Crippen LogP contribution >= 0.6 is 0 Å². The number of anilines is 1. The van der Waals surface area contributed by atoms with Crippen molar-refractivity contribution >= 4 is 23.5 Å². The first-order chi connectivity index (χ1) is 16.0. The zero-order valence-corrected chi connectivity index (χ0v) is 19.3. The average Bonchev–Trinajstić information content (AvgIpc) is 2.83. The van der Waals surface area contributed by atoms with Crippen LogP contribution in [0, 0.1) is 12.8 Å². The summed E-state index contributed by atoms with van der Waals surface area (Å²) in [6.07, 6.45) is 0. The van der Waals surface area contributed by atoms with Crippen molar-refractivity contribution in [1.29, 1.82) is 0 Å². The molecule has 2 aliphatic heterocycles. The Morgan fingerprint density at radius 2 is 1.82 bits per heavy atom. The van der Waals surface area contributed by atoms with Gasteiger partial charge in [0, 0.05) is 26.2 Å². The molecule has 0 saturated carbocycles. The van der Waals surface area contributed by atoms with Crippen LogP contribution in [-0.2, 0) is 14.3 Å². The fourth-order valence-electron chi connectivity index (χ4n) is 4.37. The lowest BCUT2D eigenvalue weighted by atomic mass is 9.90. The molecule has 33 heavy (non-hydrogen) atoms. The van der Waals surface area contributed by atoms with Crippen molar-refractivity contribution in [2.24, 2.45) is 10.9 Å². The molecule has 0 bridgehead atoms. The summed E-state index contributed by atoms with van der Waals surface area (Å²) in [4.78, 5) is 34.9. The molecular formula is C25H30N4O4. The Balaban J connectivity index is 1.57. The molecule has 0 aliphatic carbocycles. The summed E-state index contributed by atoms with van der Waals surface area (Å²) in [5, 5.41) is 2.86. The van der Waals surface area contributed by atoms with Crippen molar-refractivity contribution in [1.82, 2.24) is 10.2 Å². The van der Waals surface area contributed by atoms with Crippen LogP contribution < -0.4 is 15.0 Å². The Kier molecular flexibility index (Phi) is 6.82. The van der Waals surface area contributed by atoms with E-state index >= 15 is 0 Å². The summed E-state index contributed by atoms with van der Waals surface area (Å²) in [7, 11) is 1.67. The number of nitrogens with zero attached hydrogens (tertiary/aromatic N) is 3. The van der Waals surface area contributed by atoms with E-state index in [1.54, 1.807) is 14.0 Å². The second-order valence-corrected chi connectivity index (χ2v) is 8.18. The summed E-state index contributed by atoms with van der Waals surface area (Å²) < 4.78 is 10.7. The topological polar surface area (TPSA) is 83.5 Å². The van der Waals surface area contributed by atoms with Gasteiger partial charge in [-0.1, -0.05) is 42.0 Å². The number of rotatable bonds is 5.